The summed E-state index contributed by atoms with van der Waals surface area (Å²) in [4.78, 5) is 12.1. The topological polar surface area (TPSA) is 57.0 Å². The number of hydrogen-bond donors (Lipinski definition) is 0. The maximum atomic E-state index is 12.1. The van der Waals surface area contributed by atoms with Crippen molar-refractivity contribution >= 4 is 5.97 Å². The van der Waals surface area contributed by atoms with E-state index in [0.717, 1.165) is 5.56 Å². The summed E-state index contributed by atoms with van der Waals surface area (Å²) in [6.45, 7) is 9.97. The van der Waals surface area contributed by atoms with Gasteiger partial charge in [0.1, 0.15) is 5.60 Å². The highest BCUT2D eigenvalue weighted by atomic mass is 16.6. The van der Waals surface area contributed by atoms with Crippen molar-refractivity contribution in [2.75, 3.05) is 0 Å². The minimum atomic E-state index is -0.538. The Bertz CT molecular complexity index is 654. The Labute approximate surface area is 124 Å². The molecule has 0 N–H and O–H groups in total. The Morgan fingerprint density at radius 2 is 1.90 bits per heavy atom. The van der Waals surface area contributed by atoms with E-state index in [1.54, 1.807) is 4.68 Å². The molecule has 0 radical (unpaired) electrons. The molecule has 0 saturated carbocycles. The van der Waals surface area contributed by atoms with Crippen LogP contribution in [0.5, 0.6) is 0 Å². The van der Waals surface area contributed by atoms with Crippen molar-refractivity contribution in [2.24, 2.45) is 0 Å². The van der Waals surface area contributed by atoms with E-state index in [-0.39, 0.29) is 5.69 Å². The molecule has 5 nitrogen and oxygen atoms in total. The summed E-state index contributed by atoms with van der Waals surface area (Å²) in [5, 5.41) is 8.03. The van der Waals surface area contributed by atoms with Crippen LogP contribution in [-0.2, 0) is 11.3 Å². The van der Waals surface area contributed by atoms with Crippen molar-refractivity contribution in [3.8, 4) is 0 Å². The van der Waals surface area contributed by atoms with Gasteiger partial charge in [-0.2, -0.15) is 0 Å². The highest BCUT2D eigenvalue weighted by Crippen LogP contribution is 2.15. The van der Waals surface area contributed by atoms with Crippen LogP contribution in [0.4, 0.5) is 0 Å². The lowest BCUT2D eigenvalue weighted by molar-refractivity contribution is 0.00619. The molecule has 0 unspecified atom stereocenters. The molecule has 1 aromatic carbocycles. The maximum Gasteiger partial charge on any atom is 0.361 e. The molecule has 0 aliphatic heterocycles. The molecule has 0 atom stereocenters. The highest BCUT2D eigenvalue weighted by Gasteiger charge is 2.23. The average Bonchev–Trinajstić information content (AvgIpc) is 2.72. The van der Waals surface area contributed by atoms with Gasteiger partial charge in [0.05, 0.1) is 12.2 Å². The lowest BCUT2D eigenvalue weighted by atomic mass is 10.1. The molecular formula is C16H21N3O2. The smallest absolute Gasteiger partial charge is 0.361 e. The van der Waals surface area contributed by atoms with Gasteiger partial charge in [-0.25, -0.2) is 9.48 Å². The molecule has 0 saturated heterocycles. The Morgan fingerprint density at radius 1 is 1.24 bits per heavy atom. The van der Waals surface area contributed by atoms with Crippen molar-refractivity contribution in [1.29, 1.82) is 0 Å². The normalized spacial score (nSPS) is 11.5. The third-order valence-electron chi connectivity index (χ3n) is 3.16. The number of ether oxygens (including phenoxy) is 1. The third-order valence-corrected chi connectivity index (χ3v) is 3.16. The van der Waals surface area contributed by atoms with Crippen LogP contribution in [0.25, 0.3) is 0 Å². The molecule has 1 aromatic heterocycles. The average molecular weight is 287 g/mol. The highest BCUT2D eigenvalue weighted by molar-refractivity contribution is 5.88. The molecule has 5 heteroatoms. The summed E-state index contributed by atoms with van der Waals surface area (Å²) in [5.41, 5.74) is 2.79. The molecule has 2 rings (SSSR count). The van der Waals surface area contributed by atoms with Gasteiger partial charge in [-0.05, 0) is 45.7 Å². The molecule has 0 spiro atoms. The lowest BCUT2D eigenvalue weighted by Crippen LogP contribution is -2.24. The zero-order valence-corrected chi connectivity index (χ0v) is 13.2. The first-order valence-corrected chi connectivity index (χ1v) is 6.96. The fraction of sp³-hybridized carbons (Fsp3) is 0.438. The SMILES string of the molecule is Cc1ccccc1Cn1nnc(C(=O)OC(C)(C)C)c1C. The molecule has 0 aliphatic rings. The van der Waals surface area contributed by atoms with Crippen LogP contribution >= 0.6 is 0 Å². The Balaban J connectivity index is 2.21. The van der Waals surface area contributed by atoms with E-state index in [1.165, 1.54) is 5.56 Å². The number of esters is 1. The fourth-order valence-corrected chi connectivity index (χ4v) is 1.97. The summed E-state index contributed by atoms with van der Waals surface area (Å²) < 4.78 is 7.06. The first kappa shape index (κ1) is 15.2. The van der Waals surface area contributed by atoms with E-state index >= 15 is 0 Å². The molecule has 1 heterocycles. The maximum absolute atomic E-state index is 12.1. The predicted octanol–water partition coefficient (Wildman–Crippen LogP) is 2.90. The van der Waals surface area contributed by atoms with Crippen LogP contribution in [0.2, 0.25) is 0 Å². The first-order valence-electron chi connectivity index (χ1n) is 6.96. The quantitative estimate of drug-likeness (QED) is 0.814. The number of hydrogen-bond acceptors (Lipinski definition) is 4. The van der Waals surface area contributed by atoms with E-state index in [1.807, 2.05) is 45.9 Å². The van der Waals surface area contributed by atoms with Crippen LogP contribution in [0.15, 0.2) is 24.3 Å². The molecule has 0 bridgehead atoms. The second-order valence-corrected chi connectivity index (χ2v) is 6.11. The second kappa shape index (κ2) is 5.68. The fourth-order valence-electron chi connectivity index (χ4n) is 1.97. The van der Waals surface area contributed by atoms with Gasteiger partial charge >= 0.3 is 5.97 Å². The number of aromatic nitrogens is 3. The zero-order valence-electron chi connectivity index (χ0n) is 13.2. The van der Waals surface area contributed by atoms with Gasteiger partial charge < -0.3 is 4.74 Å². The van der Waals surface area contributed by atoms with Crippen molar-refractivity contribution < 1.29 is 9.53 Å². The summed E-state index contributed by atoms with van der Waals surface area (Å²) in [7, 11) is 0. The van der Waals surface area contributed by atoms with E-state index in [9.17, 15) is 4.79 Å². The number of carbonyl (C=O) groups excluding carboxylic acids is 1. The summed E-state index contributed by atoms with van der Waals surface area (Å²) in [5.74, 6) is -0.434. The Kier molecular flexibility index (Phi) is 4.11. The number of carbonyl (C=O) groups is 1. The van der Waals surface area contributed by atoms with Gasteiger partial charge in [0.2, 0.25) is 0 Å². The largest absolute Gasteiger partial charge is 0.455 e. The number of nitrogens with zero attached hydrogens (tertiary/aromatic N) is 3. The monoisotopic (exact) mass is 287 g/mol. The van der Waals surface area contributed by atoms with Crippen molar-refractivity contribution in [2.45, 2.75) is 46.8 Å². The molecule has 0 fully saturated rings. The molecule has 0 amide bonds. The predicted molar refractivity (Wildman–Crippen MR) is 80.2 cm³/mol. The Hall–Kier alpha value is -2.17. The lowest BCUT2D eigenvalue weighted by Gasteiger charge is -2.18. The zero-order chi connectivity index (χ0) is 15.6. The van der Waals surface area contributed by atoms with E-state index in [0.29, 0.717) is 12.2 Å². The molecular weight excluding hydrogens is 266 g/mol. The van der Waals surface area contributed by atoms with Gasteiger partial charge in [-0.1, -0.05) is 29.5 Å². The van der Waals surface area contributed by atoms with E-state index in [2.05, 4.69) is 23.3 Å². The van der Waals surface area contributed by atoms with Crippen LogP contribution in [0.3, 0.4) is 0 Å². The van der Waals surface area contributed by atoms with Crippen molar-refractivity contribution in [3.05, 3.63) is 46.8 Å². The number of rotatable bonds is 3. The number of aryl methyl sites for hydroxylation is 1. The standard InChI is InChI=1S/C16H21N3O2/c1-11-8-6-7-9-13(11)10-19-12(2)14(17-18-19)15(20)21-16(3,4)5/h6-9H,10H2,1-5H3. The van der Waals surface area contributed by atoms with Gasteiger partial charge in [0, 0.05) is 0 Å². The molecule has 0 aliphatic carbocycles. The minimum absolute atomic E-state index is 0.276. The summed E-state index contributed by atoms with van der Waals surface area (Å²) in [6, 6.07) is 8.09. The molecule has 112 valence electrons. The van der Waals surface area contributed by atoms with E-state index < -0.39 is 11.6 Å². The number of benzene rings is 1. The first-order chi connectivity index (χ1) is 9.78. The van der Waals surface area contributed by atoms with Crippen molar-refractivity contribution in [3.63, 3.8) is 0 Å². The van der Waals surface area contributed by atoms with Crippen LogP contribution in [-0.4, -0.2) is 26.6 Å². The molecule has 21 heavy (non-hydrogen) atoms. The van der Waals surface area contributed by atoms with Gasteiger partial charge in [-0.15, -0.1) is 5.10 Å². The van der Waals surface area contributed by atoms with Gasteiger partial charge in [-0.3, -0.25) is 0 Å². The van der Waals surface area contributed by atoms with Gasteiger partial charge in [0.15, 0.2) is 5.69 Å². The summed E-state index contributed by atoms with van der Waals surface area (Å²) >= 11 is 0. The van der Waals surface area contributed by atoms with Crippen molar-refractivity contribution in [1.82, 2.24) is 15.0 Å². The minimum Gasteiger partial charge on any atom is -0.455 e. The van der Waals surface area contributed by atoms with Gasteiger partial charge in [0.25, 0.3) is 0 Å². The van der Waals surface area contributed by atoms with E-state index in [4.69, 9.17) is 4.74 Å². The molecule has 2 aromatic rings. The van der Waals surface area contributed by atoms with Crippen LogP contribution < -0.4 is 0 Å². The summed E-state index contributed by atoms with van der Waals surface area (Å²) in [6.07, 6.45) is 0. The van der Waals surface area contributed by atoms with Crippen LogP contribution in [0.1, 0.15) is 48.1 Å². The third kappa shape index (κ3) is 3.68. The second-order valence-electron chi connectivity index (χ2n) is 6.11. The Morgan fingerprint density at radius 3 is 2.52 bits per heavy atom. The van der Waals surface area contributed by atoms with Crippen LogP contribution in [0, 0.1) is 13.8 Å².